The van der Waals surface area contributed by atoms with E-state index in [0.717, 1.165) is 8.66 Å². The van der Waals surface area contributed by atoms with Gasteiger partial charge in [-0.25, -0.2) is 0 Å². The fourth-order valence-corrected chi connectivity index (χ4v) is 2.79. The number of ether oxygens (including phenoxy) is 1. The Morgan fingerprint density at radius 2 is 2.40 bits per heavy atom. The molecule has 5 heteroatoms. The molecule has 1 atom stereocenters. The lowest BCUT2D eigenvalue weighted by Gasteiger charge is -2.07. The highest BCUT2D eigenvalue weighted by Crippen LogP contribution is 2.31. The van der Waals surface area contributed by atoms with Crippen molar-refractivity contribution in [3.63, 3.8) is 0 Å². The molecule has 0 aliphatic carbocycles. The van der Waals surface area contributed by atoms with E-state index in [9.17, 15) is 4.79 Å². The maximum Gasteiger partial charge on any atom is 0.305 e. The van der Waals surface area contributed by atoms with Crippen molar-refractivity contribution < 1.29 is 9.53 Å². The van der Waals surface area contributed by atoms with Crippen molar-refractivity contribution in [3.8, 4) is 0 Å². The third kappa shape index (κ3) is 3.59. The molecule has 0 saturated carbocycles. The van der Waals surface area contributed by atoms with E-state index in [1.165, 1.54) is 12.7 Å². The van der Waals surface area contributed by atoms with Gasteiger partial charge in [0.05, 0.1) is 10.9 Å². The number of nitrogens with two attached hydrogens (primary N) is 1. The van der Waals surface area contributed by atoms with Crippen LogP contribution in [0.2, 0.25) is 0 Å². The lowest BCUT2D eigenvalue weighted by atomic mass is 10.1. The first-order valence-corrected chi connectivity index (χ1v) is 6.23. The van der Waals surface area contributed by atoms with Crippen LogP contribution in [0.4, 0.5) is 0 Å². The van der Waals surface area contributed by atoms with E-state index in [1.54, 1.807) is 11.3 Å². The number of rotatable bonds is 4. The average Bonchev–Trinajstić information content (AvgIpc) is 2.55. The molecule has 0 aliphatic heterocycles. The summed E-state index contributed by atoms with van der Waals surface area (Å²) < 4.78 is 5.67. The first kappa shape index (κ1) is 12.7. The van der Waals surface area contributed by atoms with Crippen molar-refractivity contribution in [3.05, 3.63) is 20.3 Å². The number of thiophene rings is 1. The molecule has 1 unspecified atom stereocenters. The molecule has 0 amide bonds. The molecule has 0 aromatic carbocycles. The van der Waals surface area contributed by atoms with E-state index in [-0.39, 0.29) is 12.0 Å². The zero-order valence-corrected chi connectivity index (χ0v) is 11.2. The van der Waals surface area contributed by atoms with E-state index < -0.39 is 0 Å². The Labute approximate surface area is 102 Å². The minimum atomic E-state index is -0.210. The van der Waals surface area contributed by atoms with Gasteiger partial charge in [-0.05, 0) is 40.9 Å². The average molecular weight is 292 g/mol. The summed E-state index contributed by atoms with van der Waals surface area (Å²) in [6, 6.07) is 1.97. The predicted octanol–water partition coefficient (Wildman–Crippen LogP) is 2.77. The fraction of sp³-hybridized carbons (Fsp3) is 0.500. The molecule has 0 fully saturated rings. The molecule has 0 aliphatic rings. The van der Waals surface area contributed by atoms with E-state index in [1.807, 2.05) is 6.92 Å². The number of halogens is 1. The Hall–Kier alpha value is -0.390. The largest absolute Gasteiger partial charge is 0.469 e. The minimum absolute atomic E-state index is 0.0842. The SMILES string of the molecule is COC(=O)CCC(N)c1cc(C)c(Br)s1. The fourth-order valence-electron chi connectivity index (χ4n) is 1.18. The number of methoxy groups -OCH3 is 1. The van der Waals surface area contributed by atoms with Gasteiger partial charge in [0.1, 0.15) is 0 Å². The highest BCUT2D eigenvalue weighted by Gasteiger charge is 2.12. The van der Waals surface area contributed by atoms with Crippen molar-refractivity contribution in [1.29, 1.82) is 0 Å². The van der Waals surface area contributed by atoms with Crippen molar-refractivity contribution in [2.75, 3.05) is 7.11 Å². The monoisotopic (exact) mass is 291 g/mol. The second-order valence-corrected chi connectivity index (χ2v) is 5.73. The molecule has 0 radical (unpaired) electrons. The Balaban J connectivity index is 2.53. The first-order chi connectivity index (χ1) is 7.04. The number of hydrogen-bond donors (Lipinski definition) is 1. The van der Waals surface area contributed by atoms with Crippen LogP contribution in [0.5, 0.6) is 0 Å². The van der Waals surface area contributed by atoms with E-state index in [4.69, 9.17) is 5.73 Å². The summed E-state index contributed by atoms with van der Waals surface area (Å²) >= 11 is 5.07. The van der Waals surface area contributed by atoms with Gasteiger partial charge in [0.15, 0.2) is 0 Å². The lowest BCUT2D eigenvalue weighted by Crippen LogP contribution is -2.11. The van der Waals surface area contributed by atoms with Gasteiger partial charge in [-0.2, -0.15) is 0 Å². The predicted molar refractivity (Wildman–Crippen MR) is 64.9 cm³/mol. The molecule has 1 aromatic heterocycles. The molecule has 0 bridgehead atoms. The Kier molecular flexibility index (Phi) is 4.76. The Morgan fingerprint density at radius 3 is 2.87 bits per heavy atom. The minimum Gasteiger partial charge on any atom is -0.469 e. The number of hydrogen-bond acceptors (Lipinski definition) is 4. The second kappa shape index (κ2) is 5.63. The standard InChI is InChI=1S/C10H14BrNO2S/c1-6-5-8(15-10(6)11)7(12)3-4-9(13)14-2/h5,7H,3-4,12H2,1-2H3. The molecular weight excluding hydrogens is 278 g/mol. The van der Waals surface area contributed by atoms with Crippen LogP contribution < -0.4 is 5.73 Å². The van der Waals surface area contributed by atoms with Gasteiger partial charge in [-0.15, -0.1) is 11.3 Å². The van der Waals surface area contributed by atoms with Gasteiger partial charge in [-0.1, -0.05) is 0 Å². The van der Waals surface area contributed by atoms with Crippen LogP contribution in [-0.4, -0.2) is 13.1 Å². The molecule has 0 saturated heterocycles. The van der Waals surface area contributed by atoms with Crippen molar-refractivity contribution in [1.82, 2.24) is 0 Å². The molecule has 15 heavy (non-hydrogen) atoms. The van der Waals surface area contributed by atoms with E-state index in [2.05, 4.69) is 26.7 Å². The van der Waals surface area contributed by atoms with Crippen LogP contribution in [-0.2, 0) is 9.53 Å². The normalized spacial score (nSPS) is 12.5. The summed E-state index contributed by atoms with van der Waals surface area (Å²) in [6.45, 7) is 2.02. The summed E-state index contributed by atoms with van der Waals surface area (Å²) in [5.41, 5.74) is 7.15. The quantitative estimate of drug-likeness (QED) is 0.868. The van der Waals surface area contributed by atoms with E-state index in [0.29, 0.717) is 12.8 Å². The molecule has 1 rings (SSSR count). The van der Waals surface area contributed by atoms with Gasteiger partial charge in [0, 0.05) is 17.3 Å². The number of carbonyl (C=O) groups is 1. The third-order valence-corrected chi connectivity index (χ3v) is 4.40. The number of carbonyl (C=O) groups excluding carboxylic acids is 1. The molecule has 2 N–H and O–H groups in total. The topological polar surface area (TPSA) is 52.3 Å². The van der Waals surface area contributed by atoms with Crippen molar-refractivity contribution in [2.45, 2.75) is 25.8 Å². The van der Waals surface area contributed by atoms with Gasteiger partial charge in [0.25, 0.3) is 0 Å². The molecule has 0 spiro atoms. The molecule has 3 nitrogen and oxygen atoms in total. The maximum atomic E-state index is 10.9. The van der Waals surface area contributed by atoms with Crippen molar-refractivity contribution >= 4 is 33.2 Å². The Bertz CT molecular complexity index is 332. The van der Waals surface area contributed by atoms with Crippen LogP contribution in [0.1, 0.15) is 29.3 Å². The van der Waals surface area contributed by atoms with Gasteiger partial charge >= 0.3 is 5.97 Å². The van der Waals surface area contributed by atoms with Crippen molar-refractivity contribution in [2.24, 2.45) is 5.73 Å². The number of esters is 1. The first-order valence-electron chi connectivity index (χ1n) is 4.62. The molecule has 1 aromatic rings. The smallest absolute Gasteiger partial charge is 0.305 e. The highest BCUT2D eigenvalue weighted by atomic mass is 79.9. The summed E-state index contributed by atoms with van der Waals surface area (Å²) in [6.07, 6.45) is 0.991. The van der Waals surface area contributed by atoms with Crippen LogP contribution in [0.15, 0.2) is 9.85 Å². The maximum absolute atomic E-state index is 10.9. The number of aryl methyl sites for hydroxylation is 1. The van der Waals surface area contributed by atoms with Gasteiger partial charge in [-0.3, -0.25) is 4.79 Å². The summed E-state index contributed by atoms with van der Waals surface area (Å²) in [5.74, 6) is -0.210. The summed E-state index contributed by atoms with van der Waals surface area (Å²) in [7, 11) is 1.39. The Morgan fingerprint density at radius 1 is 1.73 bits per heavy atom. The third-order valence-electron chi connectivity index (χ3n) is 2.13. The van der Waals surface area contributed by atoms with Gasteiger partial charge < -0.3 is 10.5 Å². The summed E-state index contributed by atoms with van der Waals surface area (Å²) in [4.78, 5) is 12.0. The zero-order chi connectivity index (χ0) is 11.4. The van der Waals surface area contributed by atoms with Gasteiger partial charge in [0.2, 0.25) is 0 Å². The summed E-state index contributed by atoms with van der Waals surface area (Å²) in [5, 5.41) is 0. The second-order valence-electron chi connectivity index (χ2n) is 3.33. The zero-order valence-electron chi connectivity index (χ0n) is 8.75. The van der Waals surface area contributed by atoms with Crippen LogP contribution in [0, 0.1) is 6.92 Å². The van der Waals surface area contributed by atoms with Crippen LogP contribution in [0.25, 0.3) is 0 Å². The molecule has 1 heterocycles. The van der Waals surface area contributed by atoms with E-state index >= 15 is 0 Å². The van der Waals surface area contributed by atoms with Crippen LogP contribution >= 0.6 is 27.3 Å². The lowest BCUT2D eigenvalue weighted by molar-refractivity contribution is -0.140. The highest BCUT2D eigenvalue weighted by molar-refractivity contribution is 9.11. The van der Waals surface area contributed by atoms with Crippen LogP contribution in [0.3, 0.4) is 0 Å². The molecular formula is C10H14BrNO2S. The molecule has 84 valence electrons.